The van der Waals surface area contributed by atoms with Crippen LogP contribution in [0.4, 0.5) is 10.6 Å². The molecule has 0 spiro atoms. The van der Waals surface area contributed by atoms with E-state index in [9.17, 15) is 4.79 Å². The number of amides is 2. The van der Waals surface area contributed by atoms with Gasteiger partial charge in [0.2, 0.25) is 0 Å². The number of nitrogens with one attached hydrogen (secondary N) is 1. The number of carbonyl (C=O) groups excluding carboxylic acids is 1. The number of aromatic nitrogens is 1. The van der Waals surface area contributed by atoms with Crippen molar-refractivity contribution in [3.8, 4) is 0 Å². The van der Waals surface area contributed by atoms with E-state index in [0.29, 0.717) is 18.3 Å². The first-order valence-electron chi connectivity index (χ1n) is 7.18. The summed E-state index contributed by atoms with van der Waals surface area (Å²) in [6, 6.07) is 7.79. The van der Waals surface area contributed by atoms with Crippen molar-refractivity contribution < 1.29 is 9.53 Å². The number of rotatable bonds is 3. The highest BCUT2D eigenvalue weighted by Crippen LogP contribution is 2.26. The summed E-state index contributed by atoms with van der Waals surface area (Å²) in [5.74, 6) is 1.08. The molecule has 1 fully saturated rings. The van der Waals surface area contributed by atoms with Gasteiger partial charge in [0.05, 0.1) is 11.3 Å². The topological polar surface area (TPSA) is 54.5 Å². The summed E-state index contributed by atoms with van der Waals surface area (Å²) in [5, 5.41) is 3.89. The number of hydrogen-bond acceptors (Lipinski definition) is 4. The Morgan fingerprint density at radius 3 is 3.19 bits per heavy atom. The summed E-state index contributed by atoms with van der Waals surface area (Å²) in [6.45, 7) is 2.31. The van der Waals surface area contributed by atoms with Crippen molar-refractivity contribution in [3.05, 3.63) is 24.3 Å². The van der Waals surface area contributed by atoms with Crippen LogP contribution in [-0.2, 0) is 4.74 Å². The van der Waals surface area contributed by atoms with E-state index < -0.39 is 0 Å². The van der Waals surface area contributed by atoms with Gasteiger partial charge in [0.1, 0.15) is 0 Å². The van der Waals surface area contributed by atoms with Crippen molar-refractivity contribution in [1.82, 2.24) is 9.27 Å². The van der Waals surface area contributed by atoms with Crippen molar-refractivity contribution in [1.29, 1.82) is 0 Å². The molecule has 0 bridgehead atoms. The molecule has 0 aliphatic carbocycles. The Morgan fingerprint density at radius 2 is 2.38 bits per heavy atom. The first-order chi connectivity index (χ1) is 10.2. The fraction of sp³-hybridized carbons (Fsp3) is 0.467. The first-order valence-corrected chi connectivity index (χ1v) is 7.95. The summed E-state index contributed by atoms with van der Waals surface area (Å²) in [6.07, 6.45) is 2.20. The van der Waals surface area contributed by atoms with E-state index in [-0.39, 0.29) is 6.03 Å². The molecule has 2 amide bonds. The molecule has 6 heteroatoms. The molecule has 1 aliphatic heterocycles. The Labute approximate surface area is 128 Å². The molecule has 1 aliphatic rings. The zero-order valence-electron chi connectivity index (χ0n) is 12.0. The number of benzene rings is 1. The van der Waals surface area contributed by atoms with Crippen molar-refractivity contribution >= 4 is 33.5 Å². The third-order valence-corrected chi connectivity index (χ3v) is 4.56. The van der Waals surface area contributed by atoms with Gasteiger partial charge >= 0.3 is 6.03 Å². The summed E-state index contributed by atoms with van der Waals surface area (Å²) in [4.78, 5) is 14.0. The van der Waals surface area contributed by atoms with Crippen LogP contribution in [0.2, 0.25) is 0 Å². The highest BCUT2D eigenvalue weighted by Gasteiger charge is 2.19. The average Bonchev–Trinajstić information content (AvgIpc) is 2.91. The Bertz CT molecular complexity index is 622. The molecule has 1 atom stereocenters. The van der Waals surface area contributed by atoms with Gasteiger partial charge in [-0.1, -0.05) is 12.1 Å². The SMILES string of the molecule is CN(C[C@H]1CCCOC1)C(=O)Nc1nsc2ccccc12. The smallest absolute Gasteiger partial charge is 0.322 e. The molecule has 2 heterocycles. The van der Waals surface area contributed by atoms with Crippen LogP contribution in [0.3, 0.4) is 0 Å². The minimum Gasteiger partial charge on any atom is -0.381 e. The summed E-state index contributed by atoms with van der Waals surface area (Å²) in [7, 11) is 1.82. The van der Waals surface area contributed by atoms with E-state index >= 15 is 0 Å². The maximum absolute atomic E-state index is 12.3. The van der Waals surface area contributed by atoms with E-state index in [0.717, 1.165) is 36.1 Å². The Morgan fingerprint density at radius 1 is 1.52 bits per heavy atom. The predicted octanol–water partition coefficient (Wildman–Crippen LogP) is 3.19. The molecule has 0 radical (unpaired) electrons. The number of carbonyl (C=O) groups is 1. The first kappa shape index (κ1) is 14.3. The second-order valence-electron chi connectivity index (χ2n) is 5.42. The number of anilines is 1. The Balaban J connectivity index is 1.62. The molecule has 2 aromatic rings. The zero-order valence-corrected chi connectivity index (χ0v) is 12.9. The van der Waals surface area contributed by atoms with E-state index in [1.54, 1.807) is 4.90 Å². The van der Waals surface area contributed by atoms with Crippen LogP contribution in [0.5, 0.6) is 0 Å². The van der Waals surface area contributed by atoms with Gasteiger partial charge < -0.3 is 9.64 Å². The van der Waals surface area contributed by atoms with Crippen LogP contribution in [0, 0.1) is 5.92 Å². The van der Waals surface area contributed by atoms with Crippen LogP contribution in [0.25, 0.3) is 10.1 Å². The summed E-state index contributed by atoms with van der Waals surface area (Å²) >= 11 is 1.40. The lowest BCUT2D eigenvalue weighted by Gasteiger charge is -2.27. The lowest BCUT2D eigenvalue weighted by molar-refractivity contribution is 0.0464. The van der Waals surface area contributed by atoms with Crippen LogP contribution in [0.1, 0.15) is 12.8 Å². The second kappa shape index (κ2) is 6.41. The number of nitrogens with zero attached hydrogens (tertiary/aromatic N) is 2. The second-order valence-corrected chi connectivity index (χ2v) is 6.23. The van der Waals surface area contributed by atoms with Crippen molar-refractivity contribution in [2.75, 3.05) is 32.1 Å². The monoisotopic (exact) mass is 305 g/mol. The van der Waals surface area contributed by atoms with Gasteiger partial charge in [-0.05, 0) is 36.5 Å². The van der Waals surface area contributed by atoms with Crippen LogP contribution >= 0.6 is 11.5 Å². The highest BCUT2D eigenvalue weighted by atomic mass is 32.1. The molecule has 0 saturated carbocycles. The lowest BCUT2D eigenvalue weighted by Crippen LogP contribution is -2.37. The van der Waals surface area contributed by atoms with Gasteiger partial charge in [0.25, 0.3) is 0 Å². The minimum atomic E-state index is -0.114. The Hall–Kier alpha value is -1.66. The van der Waals surface area contributed by atoms with E-state index in [2.05, 4.69) is 9.69 Å². The standard InChI is InChI=1S/C15H19N3O2S/c1-18(9-11-5-4-8-20-10-11)15(19)16-14-12-6-2-3-7-13(12)21-17-14/h2-3,6-7,11H,4-5,8-10H2,1H3,(H,16,17,19)/t11-/m1/s1. The fourth-order valence-electron chi connectivity index (χ4n) is 2.59. The molecule has 1 N–H and O–H groups in total. The van der Waals surface area contributed by atoms with E-state index in [1.165, 1.54) is 11.5 Å². The highest BCUT2D eigenvalue weighted by molar-refractivity contribution is 7.13. The molecule has 1 aromatic carbocycles. The van der Waals surface area contributed by atoms with Crippen molar-refractivity contribution in [2.45, 2.75) is 12.8 Å². The van der Waals surface area contributed by atoms with Crippen molar-refractivity contribution in [3.63, 3.8) is 0 Å². The molecule has 1 saturated heterocycles. The summed E-state index contributed by atoms with van der Waals surface area (Å²) in [5.41, 5.74) is 0. The Kier molecular flexibility index (Phi) is 4.36. The van der Waals surface area contributed by atoms with Crippen LogP contribution in [-0.4, -0.2) is 42.1 Å². The van der Waals surface area contributed by atoms with Gasteiger partial charge in [0.15, 0.2) is 5.82 Å². The van der Waals surface area contributed by atoms with Gasteiger partial charge in [-0.3, -0.25) is 5.32 Å². The van der Waals surface area contributed by atoms with Gasteiger partial charge in [-0.15, -0.1) is 0 Å². The molecule has 112 valence electrons. The van der Waals surface area contributed by atoms with Gasteiger partial charge in [-0.25, -0.2) is 4.79 Å². The normalized spacial score (nSPS) is 18.6. The van der Waals surface area contributed by atoms with Crippen LogP contribution < -0.4 is 5.32 Å². The van der Waals surface area contributed by atoms with E-state index in [1.807, 2.05) is 31.3 Å². The minimum absolute atomic E-state index is 0.114. The number of ether oxygens (including phenoxy) is 1. The summed E-state index contributed by atoms with van der Waals surface area (Å²) < 4.78 is 10.9. The third kappa shape index (κ3) is 3.33. The molecule has 1 aromatic heterocycles. The number of urea groups is 1. The third-order valence-electron chi connectivity index (χ3n) is 3.74. The maximum Gasteiger partial charge on any atom is 0.322 e. The fourth-order valence-corrected chi connectivity index (χ4v) is 3.33. The largest absolute Gasteiger partial charge is 0.381 e. The van der Waals surface area contributed by atoms with Crippen LogP contribution in [0.15, 0.2) is 24.3 Å². The zero-order chi connectivity index (χ0) is 14.7. The molecule has 3 rings (SSSR count). The average molecular weight is 305 g/mol. The van der Waals surface area contributed by atoms with Gasteiger partial charge in [0, 0.05) is 31.5 Å². The molecular weight excluding hydrogens is 286 g/mol. The number of hydrogen-bond donors (Lipinski definition) is 1. The quantitative estimate of drug-likeness (QED) is 0.947. The maximum atomic E-state index is 12.3. The molecular formula is C15H19N3O2S. The lowest BCUT2D eigenvalue weighted by atomic mass is 10.0. The molecule has 5 nitrogen and oxygen atoms in total. The molecule has 0 unspecified atom stereocenters. The van der Waals surface area contributed by atoms with E-state index in [4.69, 9.17) is 4.74 Å². The van der Waals surface area contributed by atoms with Crippen molar-refractivity contribution in [2.24, 2.45) is 5.92 Å². The predicted molar refractivity (Wildman–Crippen MR) is 84.8 cm³/mol. The van der Waals surface area contributed by atoms with Gasteiger partial charge in [-0.2, -0.15) is 4.37 Å². The molecule has 21 heavy (non-hydrogen) atoms. The number of fused-ring (bicyclic) bond motifs is 1.